The van der Waals surface area contributed by atoms with Crippen molar-refractivity contribution in [2.75, 3.05) is 6.54 Å². The van der Waals surface area contributed by atoms with Crippen LogP contribution in [0.1, 0.15) is 42.9 Å². The van der Waals surface area contributed by atoms with Crippen molar-refractivity contribution in [3.8, 4) is 11.4 Å². The van der Waals surface area contributed by atoms with Gasteiger partial charge in [0.25, 0.3) is 5.91 Å². The zero-order valence-electron chi connectivity index (χ0n) is 15.0. The van der Waals surface area contributed by atoms with Gasteiger partial charge < -0.3 is 14.7 Å². The molecular weight excluding hydrogens is 336 g/mol. The Balaban J connectivity index is 1.83. The van der Waals surface area contributed by atoms with Gasteiger partial charge in [-0.3, -0.25) is 4.79 Å². The maximum absolute atomic E-state index is 12.7. The maximum atomic E-state index is 12.7. The van der Waals surface area contributed by atoms with Gasteiger partial charge in [0.15, 0.2) is 5.69 Å². The third kappa shape index (κ3) is 3.40. The number of nitrogens with zero attached hydrogens (tertiary/aromatic N) is 4. The average Bonchev–Trinajstić information content (AvgIpc) is 3.21. The van der Waals surface area contributed by atoms with Crippen LogP contribution in [-0.4, -0.2) is 55.6 Å². The van der Waals surface area contributed by atoms with Crippen LogP contribution in [0.15, 0.2) is 24.3 Å². The van der Waals surface area contributed by atoms with E-state index < -0.39 is 17.9 Å². The first-order valence-corrected chi connectivity index (χ1v) is 8.61. The smallest absolute Gasteiger partial charge is 0.326 e. The number of carboxylic acids is 1. The highest BCUT2D eigenvalue weighted by molar-refractivity contribution is 5.96. The van der Waals surface area contributed by atoms with Crippen LogP contribution in [0, 0.1) is 6.92 Å². The monoisotopic (exact) mass is 358 g/mol. The molecule has 0 saturated carbocycles. The highest BCUT2D eigenvalue weighted by Gasteiger charge is 2.36. The minimum atomic E-state index is -0.985. The predicted octanol–water partition coefficient (Wildman–Crippen LogP) is 2.05. The topological polar surface area (TPSA) is 97.5 Å². The fourth-order valence-corrected chi connectivity index (χ4v) is 3.11. The van der Waals surface area contributed by atoms with Crippen molar-refractivity contribution in [3.05, 3.63) is 35.7 Å². The summed E-state index contributed by atoms with van der Waals surface area (Å²) in [5.41, 5.74) is 1.51. The summed E-state index contributed by atoms with van der Waals surface area (Å²) in [7, 11) is 0. The molecule has 1 aromatic heterocycles. The molecule has 3 rings (SSSR count). The Bertz CT molecular complexity index is 813. The number of ether oxygens (including phenoxy) is 1. The van der Waals surface area contributed by atoms with E-state index in [0.29, 0.717) is 25.1 Å². The molecular formula is C18H22N4O4. The van der Waals surface area contributed by atoms with E-state index in [1.807, 2.05) is 38.1 Å². The molecule has 1 aliphatic heterocycles. The van der Waals surface area contributed by atoms with E-state index in [1.165, 1.54) is 4.90 Å². The van der Waals surface area contributed by atoms with Crippen molar-refractivity contribution in [1.29, 1.82) is 0 Å². The van der Waals surface area contributed by atoms with Crippen LogP contribution in [0.4, 0.5) is 0 Å². The normalized spacial score (nSPS) is 16.9. The molecule has 1 fully saturated rings. The van der Waals surface area contributed by atoms with E-state index in [-0.39, 0.29) is 11.8 Å². The van der Waals surface area contributed by atoms with Crippen molar-refractivity contribution in [2.45, 2.75) is 45.8 Å². The second-order valence-electron chi connectivity index (χ2n) is 6.59. The first kappa shape index (κ1) is 17.9. The minimum Gasteiger partial charge on any atom is -0.491 e. The molecule has 2 aromatic rings. The number of carboxylic acid groups (broad SMARTS) is 1. The first-order chi connectivity index (χ1) is 12.4. The molecule has 0 radical (unpaired) electrons. The number of benzene rings is 1. The molecule has 0 unspecified atom stereocenters. The number of carbonyl (C=O) groups is 2. The lowest BCUT2D eigenvalue weighted by molar-refractivity contribution is -0.141. The van der Waals surface area contributed by atoms with Crippen LogP contribution >= 0.6 is 0 Å². The molecule has 1 aliphatic rings. The fraction of sp³-hybridized carbons (Fsp3) is 0.444. The van der Waals surface area contributed by atoms with Crippen molar-refractivity contribution in [2.24, 2.45) is 0 Å². The molecule has 1 N–H and O–H groups in total. The van der Waals surface area contributed by atoms with Gasteiger partial charge in [0, 0.05) is 6.54 Å². The van der Waals surface area contributed by atoms with Gasteiger partial charge in [-0.05, 0) is 57.9 Å². The second-order valence-corrected chi connectivity index (χ2v) is 6.59. The summed E-state index contributed by atoms with van der Waals surface area (Å²) in [6, 6.07) is 6.55. The Morgan fingerprint density at radius 2 is 1.96 bits per heavy atom. The molecule has 1 amide bonds. The highest BCUT2D eigenvalue weighted by Crippen LogP contribution is 2.22. The number of hydrogen-bond acceptors (Lipinski definition) is 5. The number of likely N-dealkylation sites (tertiary alicyclic amines) is 1. The molecule has 1 aromatic carbocycles. The van der Waals surface area contributed by atoms with Crippen molar-refractivity contribution in [3.63, 3.8) is 0 Å². The second kappa shape index (κ2) is 7.15. The molecule has 138 valence electrons. The number of rotatable bonds is 5. The summed E-state index contributed by atoms with van der Waals surface area (Å²) in [5, 5.41) is 17.3. The lowest BCUT2D eigenvalue weighted by Crippen LogP contribution is -2.40. The molecule has 26 heavy (non-hydrogen) atoms. The zero-order chi connectivity index (χ0) is 18.8. The Labute approximate surface area is 151 Å². The summed E-state index contributed by atoms with van der Waals surface area (Å²) in [5.74, 6) is -0.626. The number of carbonyl (C=O) groups excluding carboxylic acids is 1. The van der Waals surface area contributed by atoms with E-state index in [2.05, 4.69) is 10.3 Å². The van der Waals surface area contributed by atoms with Crippen LogP contribution in [0.3, 0.4) is 0 Å². The van der Waals surface area contributed by atoms with Gasteiger partial charge in [-0.25, -0.2) is 9.48 Å². The van der Waals surface area contributed by atoms with E-state index in [0.717, 1.165) is 11.4 Å². The number of aliphatic carboxylic acids is 1. The highest BCUT2D eigenvalue weighted by atomic mass is 16.5. The van der Waals surface area contributed by atoms with Crippen molar-refractivity contribution in [1.82, 2.24) is 19.9 Å². The standard InChI is InChI=1S/C18H22N4O4/c1-11(2)26-14-8-6-13(7-9-14)22-12(3)16(19-20-22)17(23)21-10-4-5-15(21)18(24)25/h6-9,11,15H,4-5,10H2,1-3H3,(H,24,25)/t15-/m1/s1. The van der Waals surface area contributed by atoms with Crippen molar-refractivity contribution < 1.29 is 19.4 Å². The van der Waals surface area contributed by atoms with Crippen LogP contribution < -0.4 is 4.74 Å². The number of aromatic nitrogens is 3. The van der Waals surface area contributed by atoms with Gasteiger partial charge in [0.1, 0.15) is 11.8 Å². The number of amides is 1. The van der Waals surface area contributed by atoms with E-state index in [9.17, 15) is 14.7 Å². The summed E-state index contributed by atoms with van der Waals surface area (Å²) in [4.78, 5) is 25.4. The van der Waals surface area contributed by atoms with Gasteiger partial charge >= 0.3 is 5.97 Å². The first-order valence-electron chi connectivity index (χ1n) is 8.61. The molecule has 0 bridgehead atoms. The Kier molecular flexibility index (Phi) is 4.92. The summed E-state index contributed by atoms with van der Waals surface area (Å²) < 4.78 is 7.19. The molecule has 8 heteroatoms. The summed E-state index contributed by atoms with van der Waals surface area (Å²) in [6.45, 7) is 6.08. The van der Waals surface area contributed by atoms with E-state index in [4.69, 9.17) is 4.74 Å². The molecule has 0 aliphatic carbocycles. The lowest BCUT2D eigenvalue weighted by atomic mass is 10.2. The average molecular weight is 358 g/mol. The zero-order valence-corrected chi connectivity index (χ0v) is 15.0. The Morgan fingerprint density at radius 3 is 2.58 bits per heavy atom. The third-order valence-corrected chi connectivity index (χ3v) is 4.35. The van der Waals surface area contributed by atoms with Crippen molar-refractivity contribution >= 4 is 11.9 Å². The predicted molar refractivity (Wildman–Crippen MR) is 93.6 cm³/mol. The maximum Gasteiger partial charge on any atom is 0.326 e. The molecule has 0 spiro atoms. The third-order valence-electron chi connectivity index (χ3n) is 4.35. The van der Waals surface area contributed by atoms with Crippen LogP contribution in [0.5, 0.6) is 5.75 Å². The van der Waals surface area contributed by atoms with E-state index >= 15 is 0 Å². The summed E-state index contributed by atoms with van der Waals surface area (Å²) >= 11 is 0. The SMILES string of the molecule is Cc1c(C(=O)N2CCC[C@@H]2C(=O)O)nnn1-c1ccc(OC(C)C)cc1. The van der Waals surface area contributed by atoms with Gasteiger partial charge in [-0.1, -0.05) is 5.21 Å². The Hall–Kier alpha value is -2.90. The number of hydrogen-bond donors (Lipinski definition) is 1. The molecule has 1 atom stereocenters. The quantitative estimate of drug-likeness (QED) is 0.878. The van der Waals surface area contributed by atoms with Gasteiger partial charge in [-0.2, -0.15) is 0 Å². The van der Waals surface area contributed by atoms with Crippen LogP contribution in [-0.2, 0) is 4.79 Å². The fourth-order valence-electron chi connectivity index (χ4n) is 3.11. The van der Waals surface area contributed by atoms with Gasteiger partial charge in [-0.15, -0.1) is 5.10 Å². The largest absolute Gasteiger partial charge is 0.491 e. The minimum absolute atomic E-state index is 0.0841. The van der Waals surface area contributed by atoms with Crippen LogP contribution in [0.25, 0.3) is 5.69 Å². The molecule has 8 nitrogen and oxygen atoms in total. The van der Waals surface area contributed by atoms with Gasteiger partial charge in [0.2, 0.25) is 0 Å². The Morgan fingerprint density at radius 1 is 1.27 bits per heavy atom. The summed E-state index contributed by atoms with van der Waals surface area (Å²) in [6.07, 6.45) is 1.22. The molecule has 1 saturated heterocycles. The molecule has 2 heterocycles. The lowest BCUT2D eigenvalue weighted by Gasteiger charge is -2.20. The van der Waals surface area contributed by atoms with Gasteiger partial charge in [0.05, 0.1) is 17.5 Å². The van der Waals surface area contributed by atoms with Crippen LogP contribution in [0.2, 0.25) is 0 Å². The van der Waals surface area contributed by atoms with E-state index in [1.54, 1.807) is 11.6 Å².